The van der Waals surface area contributed by atoms with Gasteiger partial charge in [0.05, 0.1) is 11.6 Å². The maximum Gasteiger partial charge on any atom is 1.00 e. The molecule has 0 saturated heterocycles. The number of amides is 1. The number of hydrogen-bond donors (Lipinski definition) is 1. The van der Waals surface area contributed by atoms with Crippen LogP contribution in [0.4, 0.5) is 5.69 Å². The van der Waals surface area contributed by atoms with Crippen molar-refractivity contribution in [1.82, 2.24) is 4.98 Å². The van der Waals surface area contributed by atoms with Crippen LogP contribution in [0.15, 0.2) is 35.1 Å². The van der Waals surface area contributed by atoms with Gasteiger partial charge in [-0.3, -0.25) is 4.79 Å². The molecule has 3 rings (SSSR count). The number of aromatic nitrogens is 1. The molecular formula is C18H19N2NaO4. The first kappa shape index (κ1) is 19.7. The SMILES string of the molecule is Cc1ncoc1-c1ccc(NC(=O)C2CC2(C(=O)[O-])C(C)C)cc1.[Na+]. The molecule has 0 aliphatic heterocycles. The number of carbonyl (C=O) groups excluding carboxylic acids is 2. The van der Waals surface area contributed by atoms with Crippen molar-refractivity contribution in [2.24, 2.45) is 17.3 Å². The average molecular weight is 350 g/mol. The Morgan fingerprint density at radius 3 is 2.40 bits per heavy atom. The molecule has 6 nitrogen and oxygen atoms in total. The van der Waals surface area contributed by atoms with Gasteiger partial charge < -0.3 is 19.6 Å². The number of anilines is 1. The van der Waals surface area contributed by atoms with Crippen molar-refractivity contribution in [3.05, 3.63) is 36.4 Å². The predicted octanol–water partition coefficient (Wildman–Crippen LogP) is -0.995. The quantitative estimate of drug-likeness (QED) is 0.699. The van der Waals surface area contributed by atoms with E-state index in [4.69, 9.17) is 4.42 Å². The number of aryl methyl sites for hydroxylation is 1. The zero-order valence-corrected chi connectivity index (χ0v) is 16.8. The Morgan fingerprint density at radius 2 is 1.96 bits per heavy atom. The topological polar surface area (TPSA) is 95.3 Å². The van der Waals surface area contributed by atoms with Gasteiger partial charge in [0, 0.05) is 22.6 Å². The summed E-state index contributed by atoms with van der Waals surface area (Å²) in [6.45, 7) is 5.46. The van der Waals surface area contributed by atoms with Gasteiger partial charge in [0.2, 0.25) is 5.91 Å². The van der Waals surface area contributed by atoms with E-state index in [0.29, 0.717) is 17.9 Å². The van der Waals surface area contributed by atoms with Crippen molar-refractivity contribution in [2.45, 2.75) is 27.2 Å². The van der Waals surface area contributed by atoms with Gasteiger partial charge in [-0.1, -0.05) is 13.8 Å². The van der Waals surface area contributed by atoms with E-state index in [0.717, 1.165) is 11.3 Å². The first-order valence-electron chi connectivity index (χ1n) is 7.89. The first-order valence-corrected chi connectivity index (χ1v) is 7.89. The Labute approximate surface area is 168 Å². The van der Waals surface area contributed by atoms with Gasteiger partial charge in [-0.05, 0) is 43.5 Å². The van der Waals surface area contributed by atoms with Gasteiger partial charge in [-0.25, -0.2) is 4.98 Å². The summed E-state index contributed by atoms with van der Waals surface area (Å²) in [6.07, 6.45) is 1.72. The zero-order chi connectivity index (χ0) is 17.5. The van der Waals surface area contributed by atoms with Gasteiger partial charge >= 0.3 is 29.6 Å². The number of carbonyl (C=O) groups is 2. The largest absolute Gasteiger partial charge is 1.00 e. The molecule has 0 bridgehead atoms. The molecule has 1 N–H and O–H groups in total. The third-order valence-electron chi connectivity index (χ3n) is 4.89. The molecule has 126 valence electrons. The van der Waals surface area contributed by atoms with E-state index < -0.39 is 17.3 Å². The van der Waals surface area contributed by atoms with Crippen molar-refractivity contribution in [3.63, 3.8) is 0 Å². The summed E-state index contributed by atoms with van der Waals surface area (Å²) in [5.74, 6) is -1.43. The van der Waals surface area contributed by atoms with E-state index in [9.17, 15) is 14.7 Å². The minimum Gasteiger partial charge on any atom is -0.550 e. The summed E-state index contributed by atoms with van der Waals surface area (Å²) < 4.78 is 5.33. The van der Waals surface area contributed by atoms with E-state index in [-0.39, 0.29) is 41.4 Å². The number of carboxylic acids is 1. The molecule has 1 aliphatic carbocycles. The molecule has 1 aromatic heterocycles. The van der Waals surface area contributed by atoms with E-state index >= 15 is 0 Å². The fourth-order valence-corrected chi connectivity index (χ4v) is 3.22. The summed E-state index contributed by atoms with van der Waals surface area (Å²) >= 11 is 0. The van der Waals surface area contributed by atoms with Crippen LogP contribution in [-0.2, 0) is 9.59 Å². The fraction of sp³-hybridized carbons (Fsp3) is 0.389. The number of carboxylic acid groups (broad SMARTS) is 1. The molecule has 1 fully saturated rings. The number of rotatable bonds is 5. The van der Waals surface area contributed by atoms with Crippen LogP contribution in [0.2, 0.25) is 0 Å². The smallest absolute Gasteiger partial charge is 0.550 e. The molecule has 25 heavy (non-hydrogen) atoms. The van der Waals surface area contributed by atoms with E-state index in [1.807, 2.05) is 19.1 Å². The second kappa shape index (κ2) is 7.32. The fourth-order valence-electron chi connectivity index (χ4n) is 3.22. The number of oxazole rings is 1. The van der Waals surface area contributed by atoms with Crippen LogP contribution in [0.25, 0.3) is 11.3 Å². The summed E-state index contributed by atoms with van der Waals surface area (Å²) in [6, 6.07) is 7.16. The predicted molar refractivity (Wildman–Crippen MR) is 85.7 cm³/mol. The van der Waals surface area contributed by atoms with Crippen molar-refractivity contribution < 1.29 is 48.7 Å². The van der Waals surface area contributed by atoms with Crippen molar-refractivity contribution in [3.8, 4) is 11.3 Å². The second-order valence-electron chi connectivity index (χ2n) is 6.57. The monoisotopic (exact) mass is 350 g/mol. The number of nitrogens with zero attached hydrogens (tertiary/aromatic N) is 1. The van der Waals surface area contributed by atoms with Crippen molar-refractivity contribution >= 4 is 17.6 Å². The molecule has 0 spiro atoms. The van der Waals surface area contributed by atoms with Crippen LogP contribution >= 0.6 is 0 Å². The molecule has 2 unspecified atom stereocenters. The normalized spacial score (nSPS) is 21.5. The third kappa shape index (κ3) is 3.52. The Morgan fingerprint density at radius 1 is 1.32 bits per heavy atom. The number of benzene rings is 1. The van der Waals surface area contributed by atoms with Crippen LogP contribution in [-0.4, -0.2) is 16.9 Å². The van der Waals surface area contributed by atoms with Gasteiger partial charge in [0.15, 0.2) is 12.2 Å². The molecule has 1 aliphatic rings. The molecule has 1 aromatic carbocycles. The first-order chi connectivity index (χ1) is 11.4. The van der Waals surface area contributed by atoms with E-state index in [1.165, 1.54) is 6.39 Å². The summed E-state index contributed by atoms with van der Waals surface area (Å²) in [5, 5.41) is 14.2. The average Bonchev–Trinajstić information content (AvgIpc) is 3.18. The molecule has 1 amide bonds. The molecule has 2 atom stereocenters. The zero-order valence-electron chi connectivity index (χ0n) is 14.8. The van der Waals surface area contributed by atoms with E-state index in [2.05, 4.69) is 10.3 Å². The Hall–Kier alpha value is -1.63. The van der Waals surface area contributed by atoms with Crippen molar-refractivity contribution in [2.75, 3.05) is 5.32 Å². The Bertz CT molecular complexity index is 785. The third-order valence-corrected chi connectivity index (χ3v) is 4.89. The Kier molecular flexibility index (Phi) is 5.76. The summed E-state index contributed by atoms with van der Waals surface area (Å²) in [7, 11) is 0. The minimum absolute atomic E-state index is 0. The molecule has 0 radical (unpaired) electrons. The maximum atomic E-state index is 12.3. The molecule has 1 saturated carbocycles. The van der Waals surface area contributed by atoms with Crippen LogP contribution in [0, 0.1) is 24.2 Å². The van der Waals surface area contributed by atoms with Crippen LogP contribution in [0.1, 0.15) is 26.0 Å². The van der Waals surface area contributed by atoms with Gasteiger partial charge in [0.1, 0.15) is 0 Å². The number of aliphatic carboxylic acids is 1. The molecule has 7 heteroatoms. The van der Waals surface area contributed by atoms with Gasteiger partial charge in [-0.15, -0.1) is 0 Å². The molecule has 2 aromatic rings. The van der Waals surface area contributed by atoms with Crippen LogP contribution in [0.5, 0.6) is 0 Å². The molecule has 1 heterocycles. The molecular weight excluding hydrogens is 331 g/mol. The number of nitrogens with one attached hydrogen (secondary N) is 1. The van der Waals surface area contributed by atoms with E-state index in [1.54, 1.807) is 26.0 Å². The number of hydrogen-bond acceptors (Lipinski definition) is 5. The second-order valence-corrected chi connectivity index (χ2v) is 6.57. The summed E-state index contributed by atoms with van der Waals surface area (Å²) in [5.41, 5.74) is 1.23. The van der Waals surface area contributed by atoms with Gasteiger partial charge in [0.25, 0.3) is 0 Å². The van der Waals surface area contributed by atoms with Gasteiger partial charge in [-0.2, -0.15) is 0 Å². The van der Waals surface area contributed by atoms with Crippen LogP contribution in [0.3, 0.4) is 0 Å². The standard InChI is InChI=1S/C18H20N2O4.Na/c1-10(2)18(17(22)23)8-14(18)16(21)20-13-6-4-12(5-7-13)15-11(3)19-9-24-15;/h4-7,9-10,14H,8H2,1-3H3,(H,20,21)(H,22,23);/q;+1/p-1. The van der Waals surface area contributed by atoms with Crippen LogP contribution < -0.4 is 40.0 Å². The minimum atomic E-state index is -1.14. The summed E-state index contributed by atoms with van der Waals surface area (Å²) in [4.78, 5) is 27.8. The Balaban J connectivity index is 0.00000225. The maximum absolute atomic E-state index is 12.3. The van der Waals surface area contributed by atoms with Crippen molar-refractivity contribution in [1.29, 1.82) is 0 Å².